The van der Waals surface area contributed by atoms with Crippen molar-refractivity contribution in [3.63, 3.8) is 0 Å². The quantitative estimate of drug-likeness (QED) is 0.430. The van der Waals surface area contributed by atoms with Gasteiger partial charge >= 0.3 is 0 Å². The van der Waals surface area contributed by atoms with Crippen molar-refractivity contribution < 1.29 is 19.1 Å². The molecule has 1 atom stereocenters. The van der Waals surface area contributed by atoms with Crippen LogP contribution in [0.5, 0.6) is 5.75 Å². The number of ether oxygens (including phenoxy) is 1. The normalized spacial score (nSPS) is 11.4. The zero-order valence-corrected chi connectivity index (χ0v) is 16.0. The number of amides is 3. The summed E-state index contributed by atoms with van der Waals surface area (Å²) >= 11 is 0. The van der Waals surface area contributed by atoms with E-state index < -0.39 is 11.9 Å². The number of unbranched alkanes of at least 4 members (excludes halogenated alkanes) is 4. The topological polar surface area (TPSA) is 111 Å². The largest absolute Gasteiger partial charge is 0.492 e. The highest BCUT2D eigenvalue weighted by atomic mass is 16.5. The van der Waals surface area contributed by atoms with Crippen LogP contribution in [0.3, 0.4) is 0 Å². The summed E-state index contributed by atoms with van der Waals surface area (Å²) in [7, 11) is 0. The van der Waals surface area contributed by atoms with Gasteiger partial charge in [0.1, 0.15) is 18.4 Å². The van der Waals surface area contributed by atoms with Gasteiger partial charge in [0.2, 0.25) is 17.7 Å². The summed E-state index contributed by atoms with van der Waals surface area (Å²) in [5, 5.41) is 5.20. The Labute approximate surface area is 161 Å². The lowest BCUT2D eigenvalue weighted by molar-refractivity contribution is -0.130. The number of rotatable bonds is 14. The van der Waals surface area contributed by atoms with Crippen LogP contribution in [-0.4, -0.2) is 36.9 Å². The lowest BCUT2D eigenvalue weighted by Crippen LogP contribution is -2.47. The minimum atomic E-state index is -0.997. The molecule has 7 nitrogen and oxygen atoms in total. The first kappa shape index (κ1) is 22.5. The summed E-state index contributed by atoms with van der Waals surface area (Å²) in [6.07, 6.45) is 5.28. The third kappa shape index (κ3) is 10.9. The van der Waals surface area contributed by atoms with Crippen LogP contribution in [-0.2, 0) is 14.4 Å². The summed E-state index contributed by atoms with van der Waals surface area (Å²) in [6, 6.07) is 8.25. The van der Waals surface area contributed by atoms with E-state index in [0.29, 0.717) is 25.3 Å². The van der Waals surface area contributed by atoms with Crippen molar-refractivity contribution in [1.29, 1.82) is 0 Å². The molecule has 7 heteroatoms. The summed E-state index contributed by atoms with van der Waals surface area (Å²) < 4.78 is 5.47. The van der Waals surface area contributed by atoms with Crippen molar-refractivity contribution in [2.24, 2.45) is 5.73 Å². The highest BCUT2D eigenvalue weighted by Gasteiger charge is 2.21. The number of carbonyl (C=O) groups excluding carboxylic acids is 3. The van der Waals surface area contributed by atoms with Gasteiger partial charge in [-0.3, -0.25) is 14.4 Å². The van der Waals surface area contributed by atoms with Crippen molar-refractivity contribution in [2.45, 2.75) is 57.9 Å². The molecule has 0 bridgehead atoms. The molecule has 0 saturated carbocycles. The molecule has 27 heavy (non-hydrogen) atoms. The number of benzene rings is 1. The number of primary amides is 1. The zero-order valence-electron chi connectivity index (χ0n) is 16.0. The third-order valence-corrected chi connectivity index (χ3v) is 4.01. The molecule has 0 fully saturated rings. The molecule has 0 spiro atoms. The molecule has 0 aromatic heterocycles. The van der Waals surface area contributed by atoms with E-state index in [0.717, 1.165) is 32.1 Å². The van der Waals surface area contributed by atoms with Crippen molar-refractivity contribution >= 4 is 17.7 Å². The monoisotopic (exact) mass is 377 g/mol. The predicted octanol–water partition coefficient (Wildman–Crippen LogP) is 1.90. The summed E-state index contributed by atoms with van der Waals surface area (Å²) in [4.78, 5) is 35.4. The average Bonchev–Trinajstić information content (AvgIpc) is 2.65. The minimum Gasteiger partial charge on any atom is -0.492 e. The standard InChI is InChI=1S/C20H31N3O4/c1-2-3-4-5-9-12-18(24)23-17(20(21)26)15-19(25)22-13-14-27-16-10-7-6-8-11-16/h6-8,10-11,17H,2-5,9,12-15H2,1H3,(H2,21,26)(H,22,25)(H,23,24). The van der Waals surface area contributed by atoms with Gasteiger partial charge in [-0.2, -0.15) is 0 Å². The van der Waals surface area contributed by atoms with Crippen LogP contribution in [0.2, 0.25) is 0 Å². The Hall–Kier alpha value is -2.57. The first-order valence-corrected chi connectivity index (χ1v) is 9.56. The van der Waals surface area contributed by atoms with Gasteiger partial charge in [0.15, 0.2) is 0 Å². The molecule has 1 unspecified atom stereocenters. The Balaban J connectivity index is 2.24. The number of nitrogens with one attached hydrogen (secondary N) is 2. The van der Waals surface area contributed by atoms with Crippen LogP contribution in [0.4, 0.5) is 0 Å². The molecule has 0 aliphatic carbocycles. The summed E-state index contributed by atoms with van der Waals surface area (Å²) in [5.41, 5.74) is 5.30. The average molecular weight is 377 g/mol. The molecule has 0 heterocycles. The first-order valence-electron chi connectivity index (χ1n) is 9.56. The second-order valence-corrected chi connectivity index (χ2v) is 6.40. The van der Waals surface area contributed by atoms with Gasteiger partial charge in [0.05, 0.1) is 13.0 Å². The van der Waals surface area contributed by atoms with Crippen molar-refractivity contribution in [2.75, 3.05) is 13.2 Å². The van der Waals surface area contributed by atoms with Gasteiger partial charge in [0, 0.05) is 6.42 Å². The molecule has 3 amide bonds. The van der Waals surface area contributed by atoms with Gasteiger partial charge in [0.25, 0.3) is 0 Å². The number of para-hydroxylation sites is 1. The molecule has 4 N–H and O–H groups in total. The Bertz CT molecular complexity index is 578. The molecule has 1 aromatic carbocycles. The summed E-state index contributed by atoms with van der Waals surface area (Å²) in [5.74, 6) is -0.618. The smallest absolute Gasteiger partial charge is 0.240 e. The molecule has 0 aliphatic rings. The number of nitrogens with two attached hydrogens (primary N) is 1. The molecule has 0 radical (unpaired) electrons. The lowest BCUT2D eigenvalue weighted by Gasteiger charge is -2.15. The van der Waals surface area contributed by atoms with Crippen LogP contribution in [0.25, 0.3) is 0 Å². The van der Waals surface area contributed by atoms with E-state index in [4.69, 9.17) is 10.5 Å². The fourth-order valence-electron chi connectivity index (χ4n) is 2.51. The van der Waals surface area contributed by atoms with Gasteiger partial charge in [-0.15, -0.1) is 0 Å². The number of carbonyl (C=O) groups is 3. The molecule has 1 rings (SSSR count). The molecule has 0 saturated heterocycles. The fourth-order valence-corrected chi connectivity index (χ4v) is 2.51. The van der Waals surface area contributed by atoms with E-state index in [2.05, 4.69) is 17.6 Å². The van der Waals surface area contributed by atoms with Crippen molar-refractivity contribution in [3.05, 3.63) is 30.3 Å². The second kappa shape index (κ2) is 13.6. The Morgan fingerprint density at radius 3 is 2.41 bits per heavy atom. The second-order valence-electron chi connectivity index (χ2n) is 6.40. The fraction of sp³-hybridized carbons (Fsp3) is 0.550. The maximum atomic E-state index is 12.0. The van der Waals surface area contributed by atoms with Gasteiger partial charge in [-0.25, -0.2) is 0 Å². The maximum absolute atomic E-state index is 12.0. The zero-order chi connectivity index (χ0) is 19.9. The van der Waals surface area contributed by atoms with Crippen LogP contribution in [0.15, 0.2) is 30.3 Å². The number of hydrogen-bond acceptors (Lipinski definition) is 4. The van der Waals surface area contributed by atoms with Crippen LogP contribution < -0.4 is 21.1 Å². The van der Waals surface area contributed by atoms with E-state index >= 15 is 0 Å². The van der Waals surface area contributed by atoms with Crippen LogP contribution in [0, 0.1) is 0 Å². The highest BCUT2D eigenvalue weighted by molar-refractivity contribution is 5.91. The summed E-state index contributed by atoms with van der Waals surface area (Å²) in [6.45, 7) is 2.73. The van der Waals surface area contributed by atoms with Crippen LogP contribution in [0.1, 0.15) is 51.9 Å². The maximum Gasteiger partial charge on any atom is 0.240 e. The van der Waals surface area contributed by atoms with E-state index in [1.807, 2.05) is 30.3 Å². The van der Waals surface area contributed by atoms with E-state index in [-0.39, 0.29) is 18.2 Å². The third-order valence-electron chi connectivity index (χ3n) is 4.01. The first-order chi connectivity index (χ1) is 13.0. The Kier molecular flexibility index (Phi) is 11.3. The van der Waals surface area contributed by atoms with Gasteiger partial charge < -0.3 is 21.1 Å². The predicted molar refractivity (Wildman–Crippen MR) is 104 cm³/mol. The lowest BCUT2D eigenvalue weighted by atomic mass is 10.1. The van der Waals surface area contributed by atoms with E-state index in [1.54, 1.807) is 0 Å². The number of hydrogen-bond donors (Lipinski definition) is 3. The molecular weight excluding hydrogens is 346 g/mol. The molecule has 0 aliphatic heterocycles. The van der Waals surface area contributed by atoms with E-state index in [1.165, 1.54) is 0 Å². The molecule has 1 aromatic rings. The van der Waals surface area contributed by atoms with Gasteiger partial charge in [-0.05, 0) is 18.6 Å². The van der Waals surface area contributed by atoms with Crippen molar-refractivity contribution in [3.8, 4) is 5.75 Å². The SMILES string of the molecule is CCCCCCCC(=O)NC(CC(=O)NCCOc1ccccc1)C(N)=O. The molecular formula is C20H31N3O4. The Morgan fingerprint density at radius 2 is 1.74 bits per heavy atom. The van der Waals surface area contributed by atoms with E-state index in [9.17, 15) is 14.4 Å². The molecule has 150 valence electrons. The van der Waals surface area contributed by atoms with Crippen molar-refractivity contribution in [1.82, 2.24) is 10.6 Å². The van der Waals surface area contributed by atoms with Crippen LogP contribution >= 0.6 is 0 Å². The highest BCUT2D eigenvalue weighted by Crippen LogP contribution is 2.07. The minimum absolute atomic E-state index is 0.178. The Morgan fingerprint density at radius 1 is 1.04 bits per heavy atom. The van der Waals surface area contributed by atoms with Gasteiger partial charge in [-0.1, -0.05) is 50.8 Å².